The maximum absolute atomic E-state index is 13.7. The van der Waals surface area contributed by atoms with E-state index in [9.17, 15) is 22.0 Å². The average molecular weight is 383 g/mol. The molecule has 0 N–H and O–H groups in total. The van der Waals surface area contributed by atoms with Gasteiger partial charge < -0.3 is 4.74 Å². The minimum absolute atomic E-state index is 0.205. The van der Waals surface area contributed by atoms with Gasteiger partial charge in [0.2, 0.25) is 0 Å². The molecule has 0 unspecified atom stereocenters. The van der Waals surface area contributed by atoms with Crippen LogP contribution in [0, 0.1) is 17.6 Å². The number of nitrogens with zero attached hydrogens (tertiary/aromatic N) is 3. The lowest BCUT2D eigenvalue weighted by Gasteiger charge is -2.15. The fourth-order valence-electron chi connectivity index (χ4n) is 2.94. The van der Waals surface area contributed by atoms with Crippen LogP contribution in [0.3, 0.4) is 0 Å². The summed E-state index contributed by atoms with van der Waals surface area (Å²) in [6, 6.07) is 3.86. The van der Waals surface area contributed by atoms with Gasteiger partial charge >= 0.3 is 6.18 Å². The Balaban J connectivity index is 1.69. The Bertz CT molecular complexity index is 995. The van der Waals surface area contributed by atoms with E-state index in [4.69, 9.17) is 4.74 Å². The molecule has 1 aliphatic rings. The Labute approximate surface area is 150 Å². The Morgan fingerprint density at radius 3 is 2.56 bits per heavy atom. The van der Waals surface area contributed by atoms with Crippen LogP contribution >= 0.6 is 0 Å². The summed E-state index contributed by atoms with van der Waals surface area (Å²) < 4.78 is 74.1. The van der Waals surface area contributed by atoms with E-state index in [0.29, 0.717) is 24.2 Å². The van der Waals surface area contributed by atoms with Crippen molar-refractivity contribution in [3.8, 4) is 5.75 Å². The number of rotatable bonds is 5. The predicted octanol–water partition coefficient (Wildman–Crippen LogP) is 4.56. The second-order valence-electron chi connectivity index (χ2n) is 6.53. The van der Waals surface area contributed by atoms with Gasteiger partial charge in [0.05, 0.1) is 0 Å². The topological polar surface area (TPSA) is 39.4 Å². The maximum atomic E-state index is 13.7. The summed E-state index contributed by atoms with van der Waals surface area (Å²) >= 11 is 0. The summed E-state index contributed by atoms with van der Waals surface area (Å²) in [6.45, 7) is -0.543. The largest absolute Gasteiger partial charge is 0.486 e. The Morgan fingerprint density at radius 2 is 1.89 bits per heavy atom. The van der Waals surface area contributed by atoms with E-state index < -0.39 is 30.0 Å². The molecule has 4 nitrogen and oxygen atoms in total. The van der Waals surface area contributed by atoms with Gasteiger partial charge in [-0.15, -0.1) is 10.2 Å². The molecule has 142 valence electrons. The number of hydrogen-bond donors (Lipinski definition) is 0. The zero-order chi connectivity index (χ0) is 19.2. The number of halogens is 5. The second kappa shape index (κ2) is 6.47. The first-order chi connectivity index (χ1) is 12.8. The SMILES string of the molecule is Fc1ccc(OCc2ccn3c(CC4CC4)nnc3c2C(F)(F)F)c(F)c1. The van der Waals surface area contributed by atoms with Crippen LogP contribution in [0.4, 0.5) is 22.0 Å². The molecule has 2 heterocycles. The van der Waals surface area contributed by atoms with Crippen LogP contribution in [0.15, 0.2) is 30.5 Å². The van der Waals surface area contributed by atoms with E-state index in [1.54, 1.807) is 0 Å². The van der Waals surface area contributed by atoms with Crippen LogP contribution in [0.5, 0.6) is 5.75 Å². The molecule has 0 atom stereocenters. The van der Waals surface area contributed by atoms with E-state index in [1.165, 1.54) is 16.7 Å². The summed E-state index contributed by atoms with van der Waals surface area (Å²) in [4.78, 5) is 0. The van der Waals surface area contributed by atoms with Crippen molar-refractivity contribution in [2.24, 2.45) is 5.92 Å². The molecule has 3 aromatic rings. The summed E-state index contributed by atoms with van der Waals surface area (Å²) in [7, 11) is 0. The van der Waals surface area contributed by atoms with Crippen LogP contribution in [0.1, 0.15) is 29.8 Å². The van der Waals surface area contributed by atoms with Crippen molar-refractivity contribution in [1.82, 2.24) is 14.6 Å². The van der Waals surface area contributed by atoms with Gasteiger partial charge in [-0.1, -0.05) is 0 Å². The van der Waals surface area contributed by atoms with Gasteiger partial charge in [0.25, 0.3) is 0 Å². The molecule has 0 bridgehead atoms. The smallest absolute Gasteiger partial charge is 0.420 e. The van der Waals surface area contributed by atoms with Crippen molar-refractivity contribution in [1.29, 1.82) is 0 Å². The van der Waals surface area contributed by atoms with Crippen molar-refractivity contribution in [3.63, 3.8) is 0 Å². The Morgan fingerprint density at radius 1 is 1.11 bits per heavy atom. The first-order valence-corrected chi connectivity index (χ1v) is 8.33. The van der Waals surface area contributed by atoms with Crippen molar-refractivity contribution >= 4 is 5.65 Å². The molecule has 1 fully saturated rings. The van der Waals surface area contributed by atoms with Gasteiger partial charge in [0.15, 0.2) is 17.2 Å². The van der Waals surface area contributed by atoms with Gasteiger partial charge in [-0.2, -0.15) is 13.2 Å². The van der Waals surface area contributed by atoms with Crippen LogP contribution in [-0.2, 0) is 19.2 Å². The Hall–Kier alpha value is -2.71. The second-order valence-corrected chi connectivity index (χ2v) is 6.53. The van der Waals surface area contributed by atoms with E-state index >= 15 is 0 Å². The summed E-state index contributed by atoms with van der Waals surface area (Å²) in [5.74, 6) is -1.20. The normalized spacial score (nSPS) is 14.7. The molecule has 4 rings (SSSR count). The summed E-state index contributed by atoms with van der Waals surface area (Å²) in [6.07, 6.45) is -0.573. The quantitative estimate of drug-likeness (QED) is 0.607. The highest BCUT2D eigenvalue weighted by atomic mass is 19.4. The molecular formula is C18H14F5N3O. The molecule has 2 aromatic heterocycles. The van der Waals surface area contributed by atoms with Gasteiger partial charge in [-0.05, 0) is 37.0 Å². The first kappa shape index (κ1) is 17.7. The van der Waals surface area contributed by atoms with Crippen molar-refractivity contribution in [2.45, 2.75) is 32.0 Å². The minimum atomic E-state index is -4.69. The number of alkyl halides is 3. The molecule has 9 heteroatoms. The summed E-state index contributed by atoms with van der Waals surface area (Å²) in [5.41, 5.74) is -1.48. The molecule has 0 spiro atoms. The number of fused-ring (bicyclic) bond motifs is 1. The average Bonchev–Trinajstić information content (AvgIpc) is 3.32. The highest BCUT2D eigenvalue weighted by Gasteiger charge is 2.38. The first-order valence-electron chi connectivity index (χ1n) is 8.33. The third-order valence-corrected chi connectivity index (χ3v) is 4.46. The molecule has 1 aromatic carbocycles. The molecule has 0 saturated heterocycles. The third-order valence-electron chi connectivity index (χ3n) is 4.46. The van der Waals surface area contributed by atoms with E-state index in [-0.39, 0.29) is 17.0 Å². The van der Waals surface area contributed by atoms with E-state index in [2.05, 4.69) is 10.2 Å². The monoisotopic (exact) mass is 383 g/mol. The standard InChI is InChI=1S/C18H14F5N3O/c19-12-3-4-14(13(20)8-12)27-9-11-5-6-26-15(7-10-1-2-10)24-25-17(26)16(11)18(21,22)23/h3-6,8,10H,1-2,7,9H2. The third kappa shape index (κ3) is 3.58. The van der Waals surface area contributed by atoms with Crippen LogP contribution < -0.4 is 4.74 Å². The fraction of sp³-hybridized carbons (Fsp3) is 0.333. The molecule has 0 aliphatic heterocycles. The highest BCUT2D eigenvalue weighted by molar-refractivity contribution is 5.53. The van der Waals surface area contributed by atoms with Gasteiger partial charge in [-0.3, -0.25) is 4.40 Å². The molecule has 0 radical (unpaired) electrons. The van der Waals surface area contributed by atoms with E-state index in [0.717, 1.165) is 25.0 Å². The van der Waals surface area contributed by atoms with Crippen LogP contribution in [-0.4, -0.2) is 14.6 Å². The molecule has 0 amide bonds. The predicted molar refractivity (Wildman–Crippen MR) is 85.1 cm³/mol. The van der Waals surface area contributed by atoms with Crippen molar-refractivity contribution < 1.29 is 26.7 Å². The van der Waals surface area contributed by atoms with Crippen LogP contribution in [0.25, 0.3) is 5.65 Å². The number of aromatic nitrogens is 3. The zero-order valence-electron chi connectivity index (χ0n) is 13.9. The lowest BCUT2D eigenvalue weighted by molar-refractivity contribution is -0.137. The lowest BCUT2D eigenvalue weighted by Crippen LogP contribution is -2.14. The minimum Gasteiger partial charge on any atom is -0.486 e. The van der Waals surface area contributed by atoms with Crippen LogP contribution in [0.2, 0.25) is 0 Å². The van der Waals surface area contributed by atoms with Gasteiger partial charge in [0.1, 0.15) is 23.8 Å². The van der Waals surface area contributed by atoms with Crippen molar-refractivity contribution in [3.05, 3.63) is 59.0 Å². The fourth-order valence-corrected chi connectivity index (χ4v) is 2.94. The Kier molecular flexibility index (Phi) is 4.24. The van der Waals surface area contributed by atoms with Gasteiger partial charge in [0, 0.05) is 24.2 Å². The van der Waals surface area contributed by atoms with E-state index in [1.807, 2.05) is 0 Å². The lowest BCUT2D eigenvalue weighted by atomic mass is 10.1. The highest BCUT2D eigenvalue weighted by Crippen LogP contribution is 2.37. The number of hydrogen-bond acceptors (Lipinski definition) is 3. The summed E-state index contributed by atoms with van der Waals surface area (Å²) in [5, 5.41) is 7.63. The van der Waals surface area contributed by atoms with Gasteiger partial charge in [-0.25, -0.2) is 8.78 Å². The molecule has 1 aliphatic carbocycles. The number of benzene rings is 1. The van der Waals surface area contributed by atoms with Crippen molar-refractivity contribution in [2.75, 3.05) is 0 Å². The number of ether oxygens (including phenoxy) is 1. The molecule has 27 heavy (non-hydrogen) atoms. The molecular weight excluding hydrogens is 369 g/mol. The zero-order valence-corrected chi connectivity index (χ0v) is 13.9. The number of pyridine rings is 1. The molecule has 1 saturated carbocycles. The maximum Gasteiger partial charge on any atom is 0.420 e.